The van der Waals surface area contributed by atoms with Crippen LogP contribution in [0.1, 0.15) is 0 Å². The number of nitrogens with zero attached hydrogens (tertiary/aromatic N) is 1. The minimum Gasteiger partial charge on any atom is -0.218 e. The lowest BCUT2D eigenvalue weighted by Crippen LogP contribution is -2.39. The lowest BCUT2D eigenvalue weighted by atomic mass is 9.89. The third kappa shape index (κ3) is 4.99. The Balaban J connectivity index is 2.23. The molecule has 52 heavy (non-hydrogen) atoms. The highest BCUT2D eigenvalue weighted by atomic mass is 19.2. The topological polar surface area (TPSA) is 0 Å². The van der Waals surface area contributed by atoms with E-state index in [1.54, 1.807) is 0 Å². The molecule has 1 nitrogen and oxygen atoms in total. The van der Waals surface area contributed by atoms with Crippen molar-refractivity contribution in [2.24, 2.45) is 0 Å². The SMILES string of the molecule is C[N+](c1cccc(-c2c(F)c(F)c(F)c(F)c2F)c1-c1c(F)c(F)c(F)c(F)c1F)(c1c(F)c(F)c(F)c(F)c1F)c1c(F)c(F)c(F)c(F)c1F. The Morgan fingerprint density at radius 3 is 0.846 bits per heavy atom. The van der Waals surface area contributed by atoms with Crippen molar-refractivity contribution in [3.63, 3.8) is 0 Å². The summed E-state index contributed by atoms with van der Waals surface area (Å²) in [5.41, 5.74) is -17.0. The van der Waals surface area contributed by atoms with Gasteiger partial charge in [-0.15, -0.1) is 0 Å². The van der Waals surface area contributed by atoms with Crippen molar-refractivity contribution in [3.8, 4) is 22.3 Å². The van der Waals surface area contributed by atoms with E-state index in [1.807, 2.05) is 0 Å². The van der Waals surface area contributed by atoms with Gasteiger partial charge in [0.15, 0.2) is 52.2 Å². The number of hydrogen-bond acceptors (Lipinski definition) is 0. The number of quaternary nitrogens is 1. The van der Waals surface area contributed by atoms with Gasteiger partial charge in [0.25, 0.3) is 0 Å². The summed E-state index contributed by atoms with van der Waals surface area (Å²) in [6.45, 7) is 0. The summed E-state index contributed by atoms with van der Waals surface area (Å²) >= 11 is 0. The molecule has 0 heterocycles. The van der Waals surface area contributed by atoms with E-state index in [4.69, 9.17) is 0 Å². The first-order valence-corrected chi connectivity index (χ1v) is 13.1. The molecule has 274 valence electrons. The molecule has 21 heteroatoms. The minimum absolute atomic E-state index is 0.0244. The van der Waals surface area contributed by atoms with Crippen LogP contribution in [0.15, 0.2) is 18.2 Å². The fraction of sp³-hybridized carbons (Fsp3) is 0.0323. The molecule has 0 atom stereocenters. The standard InChI is InChI=1S/C31H6F20N/c1-52(30-26(48)22(44)20(42)23(45)27(30)49,31-28(50)24(46)21(43)25(47)29(31)51)6-4-2-3-5(8-10(32)14(36)18(40)15(37)11(8)33)7(6)9-12(34)16(38)19(41)17(39)13(9)35/h2-4H,1H3/q+1. The normalized spacial score (nSPS) is 11.9. The maximum atomic E-state index is 15.6. The van der Waals surface area contributed by atoms with Gasteiger partial charge >= 0.3 is 0 Å². The molecule has 0 fully saturated rings. The molecule has 0 radical (unpaired) electrons. The summed E-state index contributed by atoms with van der Waals surface area (Å²) in [7, 11) is -0.260. The molecule has 0 aliphatic carbocycles. The second-order valence-electron chi connectivity index (χ2n) is 10.4. The largest absolute Gasteiger partial charge is 0.226 e. The fourth-order valence-electron chi connectivity index (χ4n) is 5.37. The van der Waals surface area contributed by atoms with E-state index < -0.39 is 160 Å². The molecule has 0 N–H and O–H groups in total. The van der Waals surface area contributed by atoms with Crippen LogP contribution in [0.25, 0.3) is 22.3 Å². The molecule has 0 amide bonds. The molecule has 0 aliphatic heterocycles. The van der Waals surface area contributed by atoms with Crippen LogP contribution >= 0.6 is 0 Å². The minimum atomic E-state index is -3.38. The average molecular weight is 772 g/mol. The van der Waals surface area contributed by atoms with E-state index in [-0.39, 0.29) is 25.2 Å². The molecular formula is C31H6F20N+. The predicted molar refractivity (Wildman–Crippen MR) is 136 cm³/mol. The van der Waals surface area contributed by atoms with Gasteiger partial charge in [-0.3, -0.25) is 0 Å². The predicted octanol–water partition coefficient (Wildman–Crippen LogP) is 11.4. The maximum absolute atomic E-state index is 15.6. The molecule has 0 aliphatic rings. The van der Waals surface area contributed by atoms with Crippen LogP contribution in [0.5, 0.6) is 0 Å². The number of hydrogen-bond donors (Lipinski definition) is 0. The molecule has 0 bridgehead atoms. The second-order valence-corrected chi connectivity index (χ2v) is 10.4. The third-order valence-electron chi connectivity index (χ3n) is 7.73. The highest BCUT2D eigenvalue weighted by molar-refractivity contribution is 5.95. The molecule has 0 unspecified atom stereocenters. The Morgan fingerprint density at radius 1 is 0.288 bits per heavy atom. The van der Waals surface area contributed by atoms with E-state index in [2.05, 4.69) is 0 Å². The summed E-state index contributed by atoms with van der Waals surface area (Å²) in [4.78, 5) is 0. The zero-order chi connectivity index (χ0) is 39.2. The summed E-state index contributed by atoms with van der Waals surface area (Å²) in [6, 6.07) is 0.127. The molecule has 0 saturated heterocycles. The van der Waals surface area contributed by atoms with E-state index in [0.717, 1.165) is 0 Å². The van der Waals surface area contributed by atoms with Crippen LogP contribution < -0.4 is 4.48 Å². The fourth-order valence-corrected chi connectivity index (χ4v) is 5.37. The molecule has 0 spiro atoms. The summed E-state index contributed by atoms with van der Waals surface area (Å²) in [6.07, 6.45) is 0. The highest BCUT2D eigenvalue weighted by Crippen LogP contribution is 2.55. The van der Waals surface area contributed by atoms with Gasteiger partial charge in [0.2, 0.25) is 81.2 Å². The van der Waals surface area contributed by atoms with Gasteiger partial charge in [-0.05, 0) is 0 Å². The van der Waals surface area contributed by atoms with Crippen molar-refractivity contribution in [2.75, 3.05) is 7.05 Å². The zero-order valence-electron chi connectivity index (χ0n) is 24.2. The van der Waals surface area contributed by atoms with Gasteiger partial charge < -0.3 is 0 Å². The van der Waals surface area contributed by atoms with Gasteiger partial charge in [-0.2, -0.15) is 17.6 Å². The van der Waals surface area contributed by atoms with E-state index in [9.17, 15) is 52.7 Å². The summed E-state index contributed by atoms with van der Waals surface area (Å²) in [5, 5.41) is 0. The van der Waals surface area contributed by atoms with Crippen molar-refractivity contribution < 1.29 is 87.8 Å². The molecule has 5 rings (SSSR count). The van der Waals surface area contributed by atoms with Gasteiger partial charge in [-0.25, -0.2) is 74.7 Å². The van der Waals surface area contributed by atoms with Crippen LogP contribution in [0, 0.1) is 116 Å². The molecular weight excluding hydrogens is 766 g/mol. The molecule has 0 aromatic heterocycles. The number of halogens is 20. The average Bonchev–Trinajstić information content (AvgIpc) is 3.11. The Hall–Kier alpha value is -5.34. The molecule has 5 aromatic rings. The third-order valence-corrected chi connectivity index (χ3v) is 7.73. The van der Waals surface area contributed by atoms with Crippen molar-refractivity contribution in [3.05, 3.63) is 135 Å². The monoisotopic (exact) mass is 772 g/mol. The number of rotatable bonds is 5. The van der Waals surface area contributed by atoms with Crippen molar-refractivity contribution >= 4 is 17.1 Å². The summed E-state index contributed by atoms with van der Waals surface area (Å²) < 4.78 is 293. The van der Waals surface area contributed by atoms with E-state index in [1.165, 1.54) is 0 Å². The van der Waals surface area contributed by atoms with Crippen LogP contribution in [0.3, 0.4) is 0 Å². The first kappa shape index (κ1) is 37.9. The van der Waals surface area contributed by atoms with Crippen LogP contribution in [-0.2, 0) is 0 Å². The highest BCUT2D eigenvalue weighted by Gasteiger charge is 2.50. The first-order chi connectivity index (χ1) is 24.1. The van der Waals surface area contributed by atoms with Gasteiger partial charge in [-0.1, -0.05) is 12.1 Å². The van der Waals surface area contributed by atoms with E-state index in [0.29, 0.717) is 0 Å². The van der Waals surface area contributed by atoms with E-state index >= 15 is 35.1 Å². The Morgan fingerprint density at radius 2 is 0.538 bits per heavy atom. The Kier molecular flexibility index (Phi) is 9.26. The smallest absolute Gasteiger partial charge is 0.218 e. The van der Waals surface area contributed by atoms with Gasteiger partial charge in [0, 0.05) is 11.6 Å². The lowest BCUT2D eigenvalue weighted by molar-refractivity contribution is 0.347. The first-order valence-electron chi connectivity index (χ1n) is 13.1. The summed E-state index contributed by atoms with van der Waals surface area (Å²) in [5.74, 6) is -61.4. The number of benzene rings is 5. The van der Waals surface area contributed by atoms with Crippen LogP contribution in [-0.4, -0.2) is 7.05 Å². The lowest BCUT2D eigenvalue weighted by Gasteiger charge is -2.36. The maximum Gasteiger partial charge on any atom is 0.226 e. The molecule has 0 saturated carbocycles. The Labute approximate surface area is 273 Å². The second kappa shape index (κ2) is 12.7. The van der Waals surface area contributed by atoms with Crippen LogP contribution in [0.2, 0.25) is 0 Å². The van der Waals surface area contributed by atoms with Crippen molar-refractivity contribution in [1.82, 2.24) is 4.48 Å². The van der Waals surface area contributed by atoms with Crippen molar-refractivity contribution in [1.29, 1.82) is 0 Å². The van der Waals surface area contributed by atoms with Gasteiger partial charge in [0.05, 0.1) is 23.7 Å². The van der Waals surface area contributed by atoms with Crippen molar-refractivity contribution in [2.45, 2.75) is 0 Å². The van der Waals surface area contributed by atoms with Gasteiger partial charge in [0.1, 0.15) is 0 Å². The van der Waals surface area contributed by atoms with Crippen LogP contribution in [0.4, 0.5) is 105 Å². The Bertz CT molecular complexity index is 2200. The zero-order valence-corrected chi connectivity index (χ0v) is 24.2. The molecule has 5 aromatic carbocycles. The quantitative estimate of drug-likeness (QED) is 0.0722.